The summed E-state index contributed by atoms with van der Waals surface area (Å²) in [6, 6.07) is 7.71. The average molecular weight is 397 g/mol. The maximum atomic E-state index is 12.7. The Bertz CT molecular complexity index is 784. The van der Waals surface area contributed by atoms with Gasteiger partial charge in [0.15, 0.2) is 0 Å². The number of sulfonamides is 1. The summed E-state index contributed by atoms with van der Waals surface area (Å²) in [5, 5.41) is 10.7. The molecular weight excluding hydrogens is 368 g/mol. The van der Waals surface area contributed by atoms with Crippen molar-refractivity contribution in [2.24, 2.45) is 0 Å². The van der Waals surface area contributed by atoms with Gasteiger partial charge in [0.05, 0.1) is 9.82 Å². The number of hydrogen-bond donors (Lipinski definition) is 0. The van der Waals surface area contributed by atoms with Gasteiger partial charge in [0.25, 0.3) is 15.7 Å². The highest BCUT2D eigenvalue weighted by Gasteiger charge is 2.42. The van der Waals surface area contributed by atoms with Gasteiger partial charge < -0.3 is 0 Å². The quantitative estimate of drug-likeness (QED) is 0.235. The molecule has 0 atom stereocenters. The van der Waals surface area contributed by atoms with Gasteiger partial charge in [-0.1, -0.05) is 41.5 Å². The molecule has 0 unspecified atom stereocenters. The van der Waals surface area contributed by atoms with Crippen LogP contribution in [0.15, 0.2) is 29.2 Å². The third-order valence-corrected chi connectivity index (χ3v) is 13.0. The molecule has 0 saturated carbocycles. The summed E-state index contributed by atoms with van der Waals surface area (Å²) in [5.41, 5.74) is 4.40. The first kappa shape index (κ1) is 22.2. The number of rotatable bonds is 6. The van der Waals surface area contributed by atoms with Crippen LogP contribution in [0.1, 0.15) is 41.5 Å². The number of non-ortho nitro benzene ring substituents is 1. The van der Waals surface area contributed by atoms with Gasteiger partial charge in [-0.25, -0.2) is 12.7 Å². The normalized spacial score (nSPS) is 12.2. The van der Waals surface area contributed by atoms with E-state index in [-0.39, 0.29) is 10.6 Å². The summed E-state index contributed by atoms with van der Waals surface area (Å²) >= 11 is 0. The highest BCUT2D eigenvalue weighted by atomic mass is 32.2. The van der Waals surface area contributed by atoms with Crippen molar-refractivity contribution in [3.8, 4) is 11.6 Å². The molecule has 1 aromatic rings. The second-order valence-electron chi connectivity index (χ2n) is 7.36. The highest BCUT2D eigenvalue weighted by Crippen LogP contribution is 2.40. The van der Waals surface area contributed by atoms with Crippen LogP contribution in [-0.4, -0.2) is 32.8 Å². The van der Waals surface area contributed by atoms with Gasteiger partial charge in [0, 0.05) is 25.2 Å². The van der Waals surface area contributed by atoms with Gasteiger partial charge in [-0.2, -0.15) is 0 Å². The van der Waals surface area contributed by atoms with Crippen LogP contribution in [-0.2, 0) is 10.0 Å². The number of nitro benzene ring substituents is 1. The van der Waals surface area contributed by atoms with Crippen LogP contribution in [0, 0.1) is 21.7 Å². The zero-order chi connectivity index (χ0) is 20.3. The summed E-state index contributed by atoms with van der Waals surface area (Å²) < 4.78 is 26.4. The van der Waals surface area contributed by atoms with Crippen LogP contribution in [0.5, 0.6) is 0 Å². The first-order valence-electron chi connectivity index (χ1n) is 8.63. The summed E-state index contributed by atoms with van der Waals surface area (Å²) in [5.74, 6) is 0. The fraction of sp³-hybridized carbons (Fsp3) is 0.556. The van der Waals surface area contributed by atoms with E-state index in [0.29, 0.717) is 16.6 Å². The van der Waals surface area contributed by atoms with Crippen molar-refractivity contribution in [1.82, 2.24) is 4.31 Å². The summed E-state index contributed by atoms with van der Waals surface area (Å²) in [7, 11) is -4.45. The molecule has 0 saturated heterocycles. The maximum absolute atomic E-state index is 12.7. The molecule has 0 aliphatic rings. The maximum Gasteiger partial charge on any atom is 0.270 e. The van der Waals surface area contributed by atoms with Gasteiger partial charge >= 0.3 is 0 Å². The molecule has 0 amide bonds. The Morgan fingerprint density at radius 3 is 1.77 bits per heavy atom. The molecule has 0 aliphatic heterocycles. The predicted octanol–water partition coefficient (Wildman–Crippen LogP) is 4.39. The van der Waals surface area contributed by atoms with Crippen LogP contribution >= 0.6 is 0 Å². The number of benzene rings is 1. The van der Waals surface area contributed by atoms with Gasteiger partial charge in [-0.3, -0.25) is 10.1 Å². The molecule has 0 aromatic heterocycles. The summed E-state index contributed by atoms with van der Waals surface area (Å²) in [4.78, 5) is 10.2. The molecule has 144 valence electrons. The second kappa shape index (κ2) is 8.23. The molecule has 0 spiro atoms. The van der Waals surface area contributed by atoms with Gasteiger partial charge in [0.1, 0.15) is 8.07 Å². The minimum atomic E-state index is -3.82. The molecule has 1 rings (SSSR count). The van der Waals surface area contributed by atoms with Crippen molar-refractivity contribution >= 4 is 23.8 Å². The molecular formula is C18H28N2O4SSi. The smallest absolute Gasteiger partial charge is 0.258 e. The molecule has 26 heavy (non-hydrogen) atoms. The van der Waals surface area contributed by atoms with E-state index >= 15 is 0 Å². The molecule has 0 N–H and O–H groups in total. The molecule has 0 aliphatic carbocycles. The lowest BCUT2D eigenvalue weighted by Gasteiger charge is -2.38. The van der Waals surface area contributed by atoms with Crippen molar-refractivity contribution in [3.05, 3.63) is 34.4 Å². The van der Waals surface area contributed by atoms with Crippen molar-refractivity contribution in [3.63, 3.8) is 0 Å². The Kier molecular flexibility index (Phi) is 7.02. The Labute approximate surface area is 157 Å². The van der Waals surface area contributed by atoms with Gasteiger partial charge in [0.2, 0.25) is 0 Å². The average Bonchev–Trinajstić information content (AvgIpc) is 2.54. The third kappa shape index (κ3) is 4.27. The van der Waals surface area contributed by atoms with Crippen LogP contribution in [0.25, 0.3) is 0 Å². The molecule has 0 radical (unpaired) electrons. The standard InChI is InChI=1S/C18H28N2O4SSi/c1-14(2)26(15(3)4,16(5)6)13-12-19(7)25(23,24)18-10-8-17(9-11-18)20(21)22/h8-11,14-16H,1-7H3. The Hall–Kier alpha value is -1.85. The van der Waals surface area contributed by atoms with Crippen molar-refractivity contribution in [2.45, 2.75) is 63.1 Å². The monoisotopic (exact) mass is 396 g/mol. The predicted molar refractivity (Wildman–Crippen MR) is 107 cm³/mol. The molecule has 0 bridgehead atoms. The molecule has 8 heteroatoms. The Balaban J connectivity index is 3.29. The first-order valence-corrected chi connectivity index (χ1v) is 12.3. The van der Waals surface area contributed by atoms with Crippen molar-refractivity contribution in [1.29, 1.82) is 0 Å². The lowest BCUT2D eigenvalue weighted by atomic mass is 10.3. The zero-order valence-corrected chi connectivity index (χ0v) is 18.3. The minimum absolute atomic E-state index is 0.00851. The van der Waals surface area contributed by atoms with E-state index in [9.17, 15) is 18.5 Å². The van der Waals surface area contributed by atoms with E-state index in [4.69, 9.17) is 0 Å². The van der Waals surface area contributed by atoms with Crippen LogP contribution < -0.4 is 0 Å². The molecule has 1 aromatic carbocycles. The van der Waals surface area contributed by atoms with E-state index in [1.165, 1.54) is 31.3 Å². The third-order valence-electron chi connectivity index (χ3n) is 5.00. The molecule has 6 nitrogen and oxygen atoms in total. The van der Waals surface area contributed by atoms with E-state index in [1.54, 1.807) is 0 Å². The zero-order valence-electron chi connectivity index (χ0n) is 16.5. The van der Waals surface area contributed by atoms with E-state index in [2.05, 4.69) is 53.1 Å². The van der Waals surface area contributed by atoms with Crippen LogP contribution in [0.2, 0.25) is 16.6 Å². The van der Waals surface area contributed by atoms with Gasteiger partial charge in [-0.05, 0) is 28.8 Å². The van der Waals surface area contributed by atoms with E-state index in [1.807, 2.05) is 0 Å². The highest BCUT2D eigenvalue weighted by molar-refractivity contribution is 7.89. The fourth-order valence-corrected chi connectivity index (χ4v) is 9.84. The van der Waals surface area contributed by atoms with Crippen LogP contribution in [0.3, 0.4) is 0 Å². The lowest BCUT2D eigenvalue weighted by molar-refractivity contribution is -0.384. The fourth-order valence-electron chi connectivity index (χ4n) is 3.57. The first-order chi connectivity index (χ1) is 11.9. The number of hydrogen-bond acceptors (Lipinski definition) is 4. The largest absolute Gasteiger partial charge is 0.270 e. The summed E-state index contributed by atoms with van der Waals surface area (Å²) in [6.45, 7) is 13.0. The Morgan fingerprint density at radius 1 is 1.00 bits per heavy atom. The van der Waals surface area contributed by atoms with E-state index in [0.717, 1.165) is 4.31 Å². The topological polar surface area (TPSA) is 80.5 Å². The Morgan fingerprint density at radius 2 is 1.42 bits per heavy atom. The minimum Gasteiger partial charge on any atom is -0.258 e. The number of nitro groups is 1. The second-order valence-corrected chi connectivity index (χ2v) is 14.9. The molecule has 0 fully saturated rings. The van der Waals surface area contributed by atoms with Crippen LogP contribution in [0.4, 0.5) is 5.69 Å². The van der Waals surface area contributed by atoms with Crippen molar-refractivity contribution in [2.75, 3.05) is 7.05 Å². The SMILES string of the molecule is CC(C)[Si](C#CN(C)S(=O)(=O)c1ccc([N+](=O)[O-])cc1)(C(C)C)C(C)C. The van der Waals surface area contributed by atoms with E-state index < -0.39 is 23.0 Å². The molecule has 0 heterocycles. The number of nitrogens with zero attached hydrogens (tertiary/aromatic N) is 2. The van der Waals surface area contributed by atoms with Gasteiger partial charge in [-0.15, -0.1) is 5.54 Å². The summed E-state index contributed by atoms with van der Waals surface area (Å²) in [6.07, 6.45) is 0. The van der Waals surface area contributed by atoms with Crippen molar-refractivity contribution < 1.29 is 13.3 Å². The lowest BCUT2D eigenvalue weighted by Crippen LogP contribution is -2.43.